The fraction of sp³-hybridized carbons (Fsp3) is 0.444. The molecule has 1 aliphatic rings. The van der Waals surface area contributed by atoms with E-state index in [0.717, 1.165) is 39.9 Å². The second kappa shape index (κ2) is 13.0. The number of pyridine rings is 1. The predicted octanol–water partition coefficient (Wildman–Crippen LogP) is 5.10. The summed E-state index contributed by atoms with van der Waals surface area (Å²) >= 11 is 1.34. The van der Waals surface area contributed by atoms with E-state index >= 15 is 0 Å². The Balaban J connectivity index is 1.34. The van der Waals surface area contributed by atoms with Crippen molar-refractivity contribution in [3.63, 3.8) is 0 Å². The number of Topliss-reactive ketones (excluding diaryl/α,β-unsaturated/α-hetero) is 1. The number of methoxy groups -OCH3 is 2. The molecule has 1 aliphatic heterocycles. The molecule has 198 valence electrons. The minimum atomic E-state index is -2.37. The van der Waals surface area contributed by atoms with Crippen LogP contribution in [0.2, 0.25) is 0 Å². The maximum absolute atomic E-state index is 13.2. The molecule has 6 nitrogen and oxygen atoms in total. The second-order valence-corrected chi connectivity index (χ2v) is 13.0. The Morgan fingerprint density at radius 1 is 1.22 bits per heavy atom. The molecule has 1 saturated heterocycles. The van der Waals surface area contributed by atoms with Crippen LogP contribution in [0.4, 0.5) is 8.78 Å². The van der Waals surface area contributed by atoms with E-state index in [0.29, 0.717) is 30.7 Å². The average Bonchev–Trinajstić information content (AvgIpc) is 3.40. The third kappa shape index (κ3) is 6.99. The van der Waals surface area contributed by atoms with Crippen molar-refractivity contribution in [3.8, 4) is 5.75 Å². The van der Waals surface area contributed by atoms with E-state index in [4.69, 9.17) is 9.47 Å². The molecule has 1 aromatic carbocycles. The van der Waals surface area contributed by atoms with Gasteiger partial charge in [0, 0.05) is 11.6 Å². The van der Waals surface area contributed by atoms with Crippen LogP contribution < -0.4 is 4.74 Å². The first-order chi connectivity index (χ1) is 17.9. The zero-order valence-electron chi connectivity index (χ0n) is 20.8. The molecule has 2 aromatic heterocycles. The standard InChI is InChI=1S/C27H30F2N2O4SSe/c1-34-18-4-5-22-20(15-18)19(9-11-30-22)23(32)6-3-17-10-12-31(16-21(17)27(33)35-2)13-14-36-25-8-7-24(37-25)26(28)29/h4-5,7-9,11,15,17,21,26H,3,6,10,12-14,16H2,1-2H3/t17-,21+/m1/s1. The number of benzene rings is 1. The molecule has 1 fully saturated rings. The van der Waals surface area contributed by atoms with Crippen molar-refractivity contribution in [2.45, 2.75) is 29.5 Å². The molecule has 0 saturated carbocycles. The van der Waals surface area contributed by atoms with E-state index in [1.807, 2.05) is 18.2 Å². The number of ketones is 1. The molecule has 3 heterocycles. The Morgan fingerprint density at radius 3 is 2.78 bits per heavy atom. The first-order valence-electron chi connectivity index (χ1n) is 12.2. The zero-order chi connectivity index (χ0) is 26.4. The van der Waals surface area contributed by atoms with Gasteiger partial charge in [0.15, 0.2) is 0 Å². The SMILES string of the molecule is COC(=O)[C@H]1CN(CCSc2ccc(C(F)F)[se]2)CC[C@H]1CCC(=O)c1ccnc2ccc(OC)cc12. The van der Waals surface area contributed by atoms with Gasteiger partial charge in [0.05, 0.1) is 12.6 Å². The number of aromatic nitrogens is 1. The number of ether oxygens (including phenoxy) is 2. The van der Waals surface area contributed by atoms with Crippen molar-refractivity contribution in [1.29, 1.82) is 0 Å². The Morgan fingerprint density at radius 2 is 2.05 bits per heavy atom. The fourth-order valence-electron chi connectivity index (χ4n) is 4.79. The smallest absolute Gasteiger partial charge is 0.497 e. The van der Waals surface area contributed by atoms with Crippen LogP contribution in [0.5, 0.6) is 5.75 Å². The molecule has 37 heavy (non-hydrogen) atoms. The normalized spacial score (nSPS) is 18.3. The number of thioether (sulfide) groups is 1. The summed E-state index contributed by atoms with van der Waals surface area (Å²) in [6.07, 6.45) is 1.00. The van der Waals surface area contributed by atoms with E-state index in [9.17, 15) is 18.4 Å². The van der Waals surface area contributed by atoms with Crippen LogP contribution in [0.25, 0.3) is 10.9 Å². The van der Waals surface area contributed by atoms with Crippen LogP contribution >= 0.6 is 11.8 Å². The summed E-state index contributed by atoms with van der Waals surface area (Å²) in [6, 6.07) is 10.6. The summed E-state index contributed by atoms with van der Waals surface area (Å²) in [5.41, 5.74) is 1.35. The zero-order valence-corrected chi connectivity index (χ0v) is 23.4. The first kappa shape index (κ1) is 27.8. The maximum atomic E-state index is 13.2. The van der Waals surface area contributed by atoms with Crippen LogP contribution in [0.15, 0.2) is 46.4 Å². The van der Waals surface area contributed by atoms with Crippen LogP contribution in [0, 0.1) is 11.8 Å². The van der Waals surface area contributed by atoms with E-state index < -0.39 is 6.43 Å². The number of nitrogens with zero attached hydrogens (tertiary/aromatic N) is 2. The number of hydrogen-bond acceptors (Lipinski definition) is 7. The summed E-state index contributed by atoms with van der Waals surface area (Å²) in [5.74, 6) is 0.984. The predicted molar refractivity (Wildman–Crippen MR) is 141 cm³/mol. The number of esters is 1. The number of carbonyl (C=O) groups excluding carboxylic acids is 2. The molecule has 0 radical (unpaired) electrons. The Kier molecular flexibility index (Phi) is 9.76. The van der Waals surface area contributed by atoms with Crippen molar-refractivity contribution in [3.05, 3.63) is 52.6 Å². The quantitative estimate of drug-likeness (QED) is 0.132. The molecular formula is C27H30F2N2O4SSe. The molecule has 0 unspecified atom stereocenters. The van der Waals surface area contributed by atoms with Crippen LogP contribution in [0.1, 0.15) is 40.5 Å². The van der Waals surface area contributed by atoms with Crippen molar-refractivity contribution >= 4 is 48.9 Å². The van der Waals surface area contributed by atoms with Gasteiger partial charge in [-0.1, -0.05) is 0 Å². The monoisotopic (exact) mass is 596 g/mol. The molecule has 0 N–H and O–H groups in total. The van der Waals surface area contributed by atoms with Crippen LogP contribution in [-0.2, 0) is 9.53 Å². The minimum Gasteiger partial charge on any atom is -0.497 e. The molecule has 0 amide bonds. The molecule has 2 atom stereocenters. The van der Waals surface area contributed by atoms with Gasteiger partial charge >= 0.3 is 162 Å². The van der Waals surface area contributed by atoms with E-state index in [1.165, 1.54) is 7.11 Å². The summed E-state index contributed by atoms with van der Waals surface area (Å²) in [7, 11) is 2.99. The number of fused-ring (bicyclic) bond motifs is 1. The number of halogens is 2. The fourth-order valence-corrected chi connectivity index (χ4v) is 8.20. The second-order valence-electron chi connectivity index (χ2n) is 8.99. The third-order valence-electron chi connectivity index (χ3n) is 6.80. The minimum absolute atomic E-state index is 0.0200. The van der Waals surface area contributed by atoms with Gasteiger partial charge in [0.2, 0.25) is 0 Å². The Hall–Kier alpha value is -2.26. The van der Waals surface area contributed by atoms with Gasteiger partial charge in [-0.3, -0.25) is 4.98 Å². The van der Waals surface area contributed by atoms with Crippen molar-refractivity contribution in [1.82, 2.24) is 9.88 Å². The van der Waals surface area contributed by atoms with Gasteiger partial charge in [-0.25, -0.2) is 0 Å². The van der Waals surface area contributed by atoms with E-state index in [-0.39, 0.29) is 42.5 Å². The summed E-state index contributed by atoms with van der Waals surface area (Å²) in [5, 5.41) is 0.762. The molecule has 0 bridgehead atoms. The van der Waals surface area contributed by atoms with Crippen molar-refractivity contribution in [2.24, 2.45) is 11.8 Å². The summed E-state index contributed by atoms with van der Waals surface area (Å²) in [4.78, 5) is 32.4. The molecular weight excluding hydrogens is 565 g/mol. The number of rotatable bonds is 11. The van der Waals surface area contributed by atoms with Gasteiger partial charge in [-0.2, -0.15) is 0 Å². The van der Waals surface area contributed by atoms with Crippen LogP contribution in [0.3, 0.4) is 0 Å². The Labute approximate surface area is 225 Å². The van der Waals surface area contributed by atoms with Gasteiger partial charge in [0.25, 0.3) is 0 Å². The number of hydrogen-bond donors (Lipinski definition) is 0. The van der Waals surface area contributed by atoms with Crippen LogP contribution in [-0.4, -0.2) is 75.7 Å². The van der Waals surface area contributed by atoms with Gasteiger partial charge in [0.1, 0.15) is 5.75 Å². The third-order valence-corrected chi connectivity index (χ3v) is 10.6. The topological polar surface area (TPSA) is 68.7 Å². The number of piperidine rings is 1. The van der Waals surface area contributed by atoms with Gasteiger partial charge in [-0.15, -0.1) is 0 Å². The van der Waals surface area contributed by atoms with Gasteiger partial charge in [-0.05, 0) is 24.3 Å². The van der Waals surface area contributed by atoms with E-state index in [1.54, 1.807) is 43.3 Å². The molecule has 10 heteroatoms. The van der Waals surface area contributed by atoms with Crippen molar-refractivity contribution in [2.75, 3.05) is 39.6 Å². The Bertz CT molecular complexity index is 1240. The molecule has 4 rings (SSSR count). The molecule has 3 aromatic rings. The number of alkyl halides is 2. The average molecular weight is 596 g/mol. The molecule has 0 aliphatic carbocycles. The summed E-state index contributed by atoms with van der Waals surface area (Å²) < 4.78 is 37.4. The first-order valence-corrected chi connectivity index (χ1v) is 14.9. The van der Waals surface area contributed by atoms with E-state index in [2.05, 4.69) is 9.88 Å². The van der Waals surface area contributed by atoms with Gasteiger partial charge < -0.3 is 4.74 Å². The summed E-state index contributed by atoms with van der Waals surface area (Å²) in [6.45, 7) is 2.17. The number of carbonyl (C=O) groups is 2. The number of likely N-dealkylation sites (tertiary alicyclic amines) is 1. The molecule has 0 spiro atoms. The van der Waals surface area contributed by atoms with Crippen molar-refractivity contribution < 1.29 is 27.8 Å².